The van der Waals surface area contributed by atoms with E-state index in [0.717, 1.165) is 12.3 Å². The Morgan fingerprint density at radius 1 is 1.32 bits per heavy atom. The summed E-state index contributed by atoms with van der Waals surface area (Å²) in [4.78, 5) is 17.5. The van der Waals surface area contributed by atoms with Crippen LogP contribution in [0.2, 0.25) is 0 Å². The highest BCUT2D eigenvalue weighted by molar-refractivity contribution is 7.98. The molecule has 0 heterocycles. The van der Waals surface area contributed by atoms with E-state index in [1.54, 1.807) is 44.1 Å². The SMILES string of the molecule is CSCCNC(=NCc1ccccc1F)NCC(=O)N(C)C. The fourth-order valence-corrected chi connectivity index (χ4v) is 1.86. The molecule has 0 bridgehead atoms. The van der Waals surface area contributed by atoms with Gasteiger partial charge in [-0.3, -0.25) is 4.79 Å². The standard InChI is InChI=1S/C15H23FN4OS/c1-20(2)14(21)11-19-15(17-8-9-22-3)18-10-12-6-4-5-7-13(12)16/h4-7H,8-11H2,1-3H3,(H2,17,18,19). The molecule has 0 radical (unpaired) electrons. The summed E-state index contributed by atoms with van der Waals surface area (Å²) >= 11 is 1.71. The number of hydrogen-bond donors (Lipinski definition) is 2. The molecule has 0 fully saturated rings. The van der Waals surface area contributed by atoms with Crippen LogP contribution >= 0.6 is 11.8 Å². The van der Waals surface area contributed by atoms with Crippen LogP contribution in [0.5, 0.6) is 0 Å². The number of rotatable bonds is 7. The van der Waals surface area contributed by atoms with Crippen LogP contribution in [0.3, 0.4) is 0 Å². The Bertz CT molecular complexity index is 508. The summed E-state index contributed by atoms with van der Waals surface area (Å²) in [6, 6.07) is 6.53. The van der Waals surface area contributed by atoms with E-state index >= 15 is 0 Å². The van der Waals surface area contributed by atoms with Crippen LogP contribution < -0.4 is 10.6 Å². The lowest BCUT2D eigenvalue weighted by Gasteiger charge is -2.14. The minimum absolute atomic E-state index is 0.0507. The number of carbonyl (C=O) groups excluding carboxylic acids is 1. The summed E-state index contributed by atoms with van der Waals surface area (Å²) in [6.07, 6.45) is 2.01. The highest BCUT2D eigenvalue weighted by atomic mass is 32.2. The van der Waals surface area contributed by atoms with Crippen LogP contribution in [0, 0.1) is 5.82 Å². The van der Waals surface area contributed by atoms with Gasteiger partial charge in [-0.05, 0) is 12.3 Å². The van der Waals surface area contributed by atoms with Crippen molar-refractivity contribution in [3.05, 3.63) is 35.6 Å². The minimum atomic E-state index is -0.279. The number of nitrogens with zero attached hydrogens (tertiary/aromatic N) is 2. The Morgan fingerprint density at radius 3 is 2.68 bits per heavy atom. The lowest BCUT2D eigenvalue weighted by molar-refractivity contribution is -0.127. The third-order valence-corrected chi connectivity index (χ3v) is 3.48. The number of halogens is 1. The van der Waals surface area contributed by atoms with Gasteiger partial charge in [-0.25, -0.2) is 9.38 Å². The van der Waals surface area contributed by atoms with Crippen molar-refractivity contribution in [3.63, 3.8) is 0 Å². The van der Waals surface area contributed by atoms with Gasteiger partial charge in [0.05, 0.1) is 13.1 Å². The number of aliphatic imine (C=N–C) groups is 1. The molecule has 0 atom stereocenters. The van der Waals surface area contributed by atoms with E-state index in [2.05, 4.69) is 15.6 Å². The van der Waals surface area contributed by atoms with Crippen LogP contribution in [0.1, 0.15) is 5.56 Å². The van der Waals surface area contributed by atoms with E-state index in [1.807, 2.05) is 6.26 Å². The Labute approximate surface area is 135 Å². The largest absolute Gasteiger partial charge is 0.356 e. The quantitative estimate of drug-likeness (QED) is 0.451. The molecule has 5 nitrogen and oxygen atoms in total. The summed E-state index contributed by atoms with van der Waals surface area (Å²) in [5.74, 6) is 1.10. The molecular formula is C15H23FN4OS. The lowest BCUT2D eigenvalue weighted by atomic mass is 10.2. The number of nitrogens with one attached hydrogen (secondary N) is 2. The molecule has 0 aromatic heterocycles. The van der Waals surface area contributed by atoms with Crippen molar-refractivity contribution < 1.29 is 9.18 Å². The average molecular weight is 326 g/mol. The van der Waals surface area contributed by atoms with Crippen molar-refractivity contribution in [2.45, 2.75) is 6.54 Å². The summed E-state index contributed by atoms with van der Waals surface area (Å²) in [5, 5.41) is 6.09. The zero-order valence-electron chi connectivity index (χ0n) is 13.2. The smallest absolute Gasteiger partial charge is 0.241 e. The molecule has 0 unspecified atom stereocenters. The molecular weight excluding hydrogens is 303 g/mol. The van der Waals surface area contributed by atoms with E-state index < -0.39 is 0 Å². The van der Waals surface area contributed by atoms with Crippen LogP contribution in [-0.2, 0) is 11.3 Å². The predicted octanol–water partition coefficient (Wildman–Crippen LogP) is 1.31. The molecule has 1 aromatic carbocycles. The zero-order chi connectivity index (χ0) is 16.4. The van der Waals surface area contributed by atoms with Crippen molar-refractivity contribution in [1.82, 2.24) is 15.5 Å². The monoisotopic (exact) mass is 326 g/mol. The normalized spacial score (nSPS) is 11.2. The van der Waals surface area contributed by atoms with E-state index in [-0.39, 0.29) is 24.8 Å². The molecule has 2 N–H and O–H groups in total. The number of hydrogen-bond acceptors (Lipinski definition) is 3. The molecule has 122 valence electrons. The van der Waals surface area contributed by atoms with Crippen molar-refractivity contribution in [3.8, 4) is 0 Å². The van der Waals surface area contributed by atoms with Gasteiger partial charge in [0, 0.05) is 32.0 Å². The molecule has 0 aliphatic rings. The second-order valence-corrected chi connectivity index (χ2v) is 5.80. The van der Waals surface area contributed by atoms with Crippen molar-refractivity contribution >= 4 is 23.6 Å². The molecule has 0 saturated carbocycles. The summed E-state index contributed by atoms with van der Waals surface area (Å²) in [6.45, 7) is 1.09. The number of thioether (sulfide) groups is 1. The van der Waals surface area contributed by atoms with Gasteiger partial charge in [0.2, 0.25) is 5.91 Å². The number of guanidine groups is 1. The molecule has 0 saturated heterocycles. The summed E-state index contributed by atoms with van der Waals surface area (Å²) in [5.41, 5.74) is 0.521. The van der Waals surface area contributed by atoms with Crippen LogP contribution in [0.4, 0.5) is 4.39 Å². The van der Waals surface area contributed by atoms with Gasteiger partial charge in [0.15, 0.2) is 5.96 Å². The van der Waals surface area contributed by atoms with Gasteiger partial charge in [-0.2, -0.15) is 11.8 Å². The summed E-state index contributed by atoms with van der Waals surface area (Å²) < 4.78 is 13.6. The highest BCUT2D eigenvalue weighted by Gasteiger charge is 2.06. The fourth-order valence-electron chi connectivity index (χ4n) is 1.55. The van der Waals surface area contributed by atoms with E-state index in [4.69, 9.17) is 0 Å². The molecule has 0 spiro atoms. The van der Waals surface area contributed by atoms with E-state index in [1.165, 1.54) is 11.0 Å². The molecule has 1 aromatic rings. The third-order valence-electron chi connectivity index (χ3n) is 2.87. The van der Waals surface area contributed by atoms with Gasteiger partial charge in [0.1, 0.15) is 5.82 Å². The first-order valence-corrected chi connectivity index (χ1v) is 8.38. The van der Waals surface area contributed by atoms with Crippen molar-refractivity contribution in [2.75, 3.05) is 39.2 Å². The first-order chi connectivity index (χ1) is 10.5. The zero-order valence-corrected chi connectivity index (χ0v) is 14.0. The first kappa shape index (κ1) is 18.3. The Kier molecular flexibility index (Phi) is 8.35. The Hall–Kier alpha value is -1.76. The topological polar surface area (TPSA) is 56.7 Å². The van der Waals surface area contributed by atoms with Gasteiger partial charge in [-0.15, -0.1) is 0 Å². The molecule has 22 heavy (non-hydrogen) atoms. The maximum absolute atomic E-state index is 13.6. The van der Waals surface area contributed by atoms with Crippen LogP contribution in [-0.4, -0.2) is 56.0 Å². The second-order valence-electron chi connectivity index (χ2n) is 4.82. The molecule has 1 amide bonds. The highest BCUT2D eigenvalue weighted by Crippen LogP contribution is 2.07. The van der Waals surface area contributed by atoms with E-state index in [9.17, 15) is 9.18 Å². The molecule has 7 heteroatoms. The third kappa shape index (κ3) is 6.80. The fraction of sp³-hybridized carbons (Fsp3) is 0.467. The number of amides is 1. The van der Waals surface area contributed by atoms with Crippen molar-refractivity contribution in [2.24, 2.45) is 4.99 Å². The Balaban J connectivity index is 2.65. The van der Waals surface area contributed by atoms with Gasteiger partial charge >= 0.3 is 0 Å². The van der Waals surface area contributed by atoms with E-state index in [0.29, 0.717) is 11.5 Å². The average Bonchev–Trinajstić information content (AvgIpc) is 2.50. The Morgan fingerprint density at radius 2 is 2.05 bits per heavy atom. The van der Waals surface area contributed by atoms with Gasteiger partial charge < -0.3 is 15.5 Å². The molecule has 0 aliphatic carbocycles. The van der Waals surface area contributed by atoms with Crippen LogP contribution in [0.25, 0.3) is 0 Å². The molecule has 1 rings (SSSR count). The van der Waals surface area contributed by atoms with Gasteiger partial charge in [0.25, 0.3) is 0 Å². The number of carbonyl (C=O) groups is 1. The predicted molar refractivity (Wildman–Crippen MR) is 90.6 cm³/mol. The maximum Gasteiger partial charge on any atom is 0.241 e. The minimum Gasteiger partial charge on any atom is -0.356 e. The maximum atomic E-state index is 13.6. The number of benzene rings is 1. The number of likely N-dealkylation sites (N-methyl/N-ethyl adjacent to an activating group) is 1. The first-order valence-electron chi connectivity index (χ1n) is 6.99. The molecule has 0 aliphatic heterocycles. The lowest BCUT2D eigenvalue weighted by Crippen LogP contribution is -2.43. The van der Waals surface area contributed by atoms with Crippen LogP contribution in [0.15, 0.2) is 29.3 Å². The van der Waals surface area contributed by atoms with Gasteiger partial charge in [-0.1, -0.05) is 18.2 Å². The van der Waals surface area contributed by atoms with Crippen molar-refractivity contribution in [1.29, 1.82) is 0 Å². The summed E-state index contributed by atoms with van der Waals surface area (Å²) in [7, 11) is 3.39. The second kappa shape index (κ2) is 10.0.